The van der Waals surface area contributed by atoms with Crippen molar-refractivity contribution in [3.8, 4) is 5.69 Å². The second-order valence-corrected chi connectivity index (χ2v) is 5.58. The average molecular weight is 317 g/mol. The number of hydrogen-bond donors (Lipinski definition) is 1. The van der Waals surface area contributed by atoms with Crippen LogP contribution in [-0.4, -0.2) is 9.78 Å². The van der Waals surface area contributed by atoms with Gasteiger partial charge in [-0.15, -0.1) is 0 Å². The molecule has 3 rings (SSSR count). The summed E-state index contributed by atoms with van der Waals surface area (Å²) in [5.41, 5.74) is 2.90. The van der Waals surface area contributed by atoms with E-state index in [1.165, 1.54) is 16.8 Å². The maximum Gasteiger partial charge on any atom is 0.274 e. The van der Waals surface area contributed by atoms with Gasteiger partial charge in [-0.05, 0) is 48.9 Å². The van der Waals surface area contributed by atoms with Crippen molar-refractivity contribution in [1.29, 1.82) is 0 Å². The van der Waals surface area contributed by atoms with E-state index >= 15 is 0 Å². The Morgan fingerprint density at radius 2 is 1.91 bits per heavy atom. The van der Waals surface area contributed by atoms with Crippen LogP contribution in [0.15, 0.2) is 53.3 Å². The fourth-order valence-corrected chi connectivity index (χ4v) is 2.63. The van der Waals surface area contributed by atoms with E-state index in [0.717, 1.165) is 11.3 Å². The van der Waals surface area contributed by atoms with E-state index in [9.17, 15) is 9.18 Å². The molecule has 0 aliphatic carbocycles. The summed E-state index contributed by atoms with van der Waals surface area (Å²) in [5.74, 6) is -0.334. The van der Waals surface area contributed by atoms with Crippen molar-refractivity contribution in [2.45, 2.75) is 13.3 Å². The lowest BCUT2D eigenvalue weighted by molar-refractivity contribution is 0.627. The summed E-state index contributed by atoms with van der Waals surface area (Å²) in [4.78, 5) is 12.6. The molecule has 0 aliphatic rings. The first kappa shape index (κ1) is 14.6. The molecular formula is C17H14ClFN2O. The van der Waals surface area contributed by atoms with Crippen LogP contribution in [0.4, 0.5) is 4.39 Å². The molecule has 0 bridgehead atoms. The van der Waals surface area contributed by atoms with Crippen LogP contribution in [0.5, 0.6) is 0 Å². The Hall–Kier alpha value is -2.33. The van der Waals surface area contributed by atoms with Crippen molar-refractivity contribution in [3.63, 3.8) is 0 Å². The summed E-state index contributed by atoms with van der Waals surface area (Å²) in [6.45, 7) is 1.85. The molecule has 112 valence electrons. The molecule has 1 N–H and O–H groups in total. The number of nitrogens with one attached hydrogen (secondary N) is 1. The fraction of sp³-hybridized carbons (Fsp3) is 0.118. The number of aromatic nitrogens is 2. The third kappa shape index (κ3) is 2.83. The van der Waals surface area contributed by atoms with Crippen LogP contribution < -0.4 is 5.56 Å². The van der Waals surface area contributed by atoms with Crippen molar-refractivity contribution in [2.24, 2.45) is 0 Å². The van der Waals surface area contributed by atoms with Crippen molar-refractivity contribution in [2.75, 3.05) is 0 Å². The van der Waals surface area contributed by atoms with Crippen LogP contribution in [0.2, 0.25) is 5.02 Å². The Balaban J connectivity index is 2.00. The van der Waals surface area contributed by atoms with Gasteiger partial charge >= 0.3 is 0 Å². The summed E-state index contributed by atoms with van der Waals surface area (Å²) >= 11 is 5.98. The molecule has 0 radical (unpaired) electrons. The van der Waals surface area contributed by atoms with Gasteiger partial charge in [0.2, 0.25) is 0 Å². The minimum absolute atomic E-state index is 0.135. The van der Waals surface area contributed by atoms with Gasteiger partial charge in [-0.2, -0.15) is 0 Å². The summed E-state index contributed by atoms with van der Waals surface area (Å²) in [6, 6.07) is 13.2. The SMILES string of the molecule is Cc1[nH]n(-c2ccc(F)cc2)c(=O)c1Cc1cccc(Cl)c1. The van der Waals surface area contributed by atoms with Gasteiger partial charge in [0.25, 0.3) is 5.56 Å². The van der Waals surface area contributed by atoms with Crippen LogP contribution >= 0.6 is 11.6 Å². The van der Waals surface area contributed by atoms with Gasteiger partial charge in [-0.3, -0.25) is 9.89 Å². The number of nitrogens with zero attached hydrogens (tertiary/aromatic N) is 1. The van der Waals surface area contributed by atoms with E-state index in [4.69, 9.17) is 11.6 Å². The largest absolute Gasteiger partial charge is 0.295 e. The molecule has 3 nitrogen and oxygen atoms in total. The van der Waals surface area contributed by atoms with Gasteiger partial charge in [-0.25, -0.2) is 9.07 Å². The molecule has 3 aromatic rings. The minimum atomic E-state index is -0.334. The van der Waals surface area contributed by atoms with Crippen molar-refractivity contribution in [3.05, 3.63) is 86.5 Å². The second kappa shape index (κ2) is 5.81. The van der Waals surface area contributed by atoms with E-state index in [1.807, 2.05) is 25.1 Å². The molecule has 0 unspecified atom stereocenters. The number of rotatable bonds is 3. The molecule has 1 heterocycles. The topological polar surface area (TPSA) is 37.8 Å². The number of hydrogen-bond acceptors (Lipinski definition) is 1. The van der Waals surface area contributed by atoms with Gasteiger partial charge < -0.3 is 0 Å². The summed E-state index contributed by atoms with van der Waals surface area (Å²) < 4.78 is 14.4. The number of aryl methyl sites for hydroxylation is 1. The molecule has 22 heavy (non-hydrogen) atoms. The zero-order valence-electron chi connectivity index (χ0n) is 11.9. The highest BCUT2D eigenvalue weighted by molar-refractivity contribution is 6.30. The minimum Gasteiger partial charge on any atom is -0.295 e. The van der Waals surface area contributed by atoms with E-state index < -0.39 is 0 Å². The predicted molar refractivity (Wildman–Crippen MR) is 85.3 cm³/mol. The van der Waals surface area contributed by atoms with Crippen LogP contribution in [0.3, 0.4) is 0 Å². The number of benzene rings is 2. The van der Waals surface area contributed by atoms with Crippen molar-refractivity contribution in [1.82, 2.24) is 9.78 Å². The fourth-order valence-electron chi connectivity index (χ4n) is 2.41. The Morgan fingerprint density at radius 3 is 2.59 bits per heavy atom. The van der Waals surface area contributed by atoms with E-state index in [1.54, 1.807) is 18.2 Å². The van der Waals surface area contributed by atoms with Gasteiger partial charge in [0.15, 0.2) is 0 Å². The highest BCUT2D eigenvalue weighted by atomic mass is 35.5. The van der Waals surface area contributed by atoms with Crippen LogP contribution in [0.25, 0.3) is 5.69 Å². The molecular weight excluding hydrogens is 303 g/mol. The first-order valence-corrected chi connectivity index (χ1v) is 7.23. The third-order valence-corrected chi connectivity index (χ3v) is 3.78. The molecule has 0 spiro atoms. The average Bonchev–Trinajstić information content (AvgIpc) is 2.76. The molecule has 1 aromatic heterocycles. The van der Waals surface area contributed by atoms with Gasteiger partial charge in [0.1, 0.15) is 5.82 Å². The Morgan fingerprint density at radius 1 is 1.18 bits per heavy atom. The lowest BCUT2D eigenvalue weighted by atomic mass is 10.1. The zero-order chi connectivity index (χ0) is 15.7. The normalized spacial score (nSPS) is 10.9. The summed E-state index contributed by atoms with van der Waals surface area (Å²) in [7, 11) is 0. The molecule has 0 saturated carbocycles. The first-order valence-electron chi connectivity index (χ1n) is 6.85. The van der Waals surface area contributed by atoms with Gasteiger partial charge in [-0.1, -0.05) is 23.7 Å². The van der Waals surface area contributed by atoms with Crippen LogP contribution in [0.1, 0.15) is 16.8 Å². The van der Waals surface area contributed by atoms with Gasteiger partial charge in [0, 0.05) is 22.7 Å². The third-order valence-electron chi connectivity index (χ3n) is 3.55. The molecule has 5 heteroatoms. The van der Waals surface area contributed by atoms with Crippen LogP contribution in [0, 0.1) is 12.7 Å². The molecule has 0 atom stereocenters. The van der Waals surface area contributed by atoms with Crippen molar-refractivity contribution >= 4 is 11.6 Å². The summed E-state index contributed by atoms with van der Waals surface area (Å²) in [6.07, 6.45) is 0.496. The van der Waals surface area contributed by atoms with Gasteiger partial charge in [0.05, 0.1) is 5.69 Å². The van der Waals surface area contributed by atoms with Crippen LogP contribution in [-0.2, 0) is 6.42 Å². The number of aromatic amines is 1. The molecule has 2 aromatic carbocycles. The lowest BCUT2D eigenvalue weighted by Gasteiger charge is -2.01. The predicted octanol–water partition coefficient (Wildman–Crippen LogP) is 3.86. The Kier molecular flexibility index (Phi) is 3.86. The Labute approximate surface area is 132 Å². The number of halogens is 2. The molecule has 0 fully saturated rings. The standard InChI is InChI=1S/C17H14ClFN2O/c1-11-16(10-12-3-2-4-13(18)9-12)17(22)21(20-11)15-7-5-14(19)6-8-15/h2-9,20H,10H2,1H3. The highest BCUT2D eigenvalue weighted by Crippen LogP contribution is 2.15. The lowest BCUT2D eigenvalue weighted by Crippen LogP contribution is -2.17. The molecule has 0 amide bonds. The van der Waals surface area contributed by atoms with E-state index in [-0.39, 0.29) is 11.4 Å². The quantitative estimate of drug-likeness (QED) is 0.783. The smallest absolute Gasteiger partial charge is 0.274 e. The molecule has 0 aliphatic heterocycles. The van der Waals surface area contributed by atoms with E-state index in [2.05, 4.69) is 5.10 Å². The van der Waals surface area contributed by atoms with E-state index in [0.29, 0.717) is 22.7 Å². The molecule has 0 saturated heterocycles. The monoisotopic (exact) mass is 316 g/mol. The highest BCUT2D eigenvalue weighted by Gasteiger charge is 2.13. The second-order valence-electron chi connectivity index (χ2n) is 5.14. The maximum absolute atomic E-state index is 13.0. The maximum atomic E-state index is 13.0. The first-order chi connectivity index (χ1) is 10.5. The Bertz CT molecular complexity index is 865. The van der Waals surface area contributed by atoms with Crippen molar-refractivity contribution < 1.29 is 4.39 Å². The number of H-pyrrole nitrogens is 1. The summed E-state index contributed by atoms with van der Waals surface area (Å²) in [5, 5.41) is 3.68. The zero-order valence-corrected chi connectivity index (χ0v) is 12.7.